The predicted molar refractivity (Wildman–Crippen MR) is 112 cm³/mol. The molecule has 0 spiro atoms. The minimum absolute atomic E-state index is 0.0696. The van der Waals surface area contributed by atoms with Gasteiger partial charge in [-0.3, -0.25) is 10.3 Å². The van der Waals surface area contributed by atoms with Crippen molar-refractivity contribution in [3.05, 3.63) is 94.5 Å². The number of nitrogens with zero attached hydrogens (tertiary/aromatic N) is 1. The molecule has 28 heavy (non-hydrogen) atoms. The number of para-hydroxylation sites is 1. The van der Waals surface area contributed by atoms with Gasteiger partial charge in [-0.05, 0) is 53.6 Å². The highest BCUT2D eigenvalue weighted by atomic mass is 35.5. The Morgan fingerprint density at radius 3 is 2.54 bits per heavy atom. The lowest BCUT2D eigenvalue weighted by atomic mass is 9.93. The highest BCUT2D eigenvalue weighted by molar-refractivity contribution is 6.30. The summed E-state index contributed by atoms with van der Waals surface area (Å²) >= 11 is 6.20. The fraction of sp³-hybridized carbons (Fsp3) is 0.174. The third-order valence-corrected chi connectivity index (χ3v) is 5.18. The Labute approximate surface area is 169 Å². The fourth-order valence-corrected chi connectivity index (χ4v) is 3.69. The molecule has 5 heteroatoms. The molecule has 1 aliphatic heterocycles. The maximum atomic E-state index is 10.4. The second-order valence-electron chi connectivity index (χ2n) is 6.74. The lowest BCUT2D eigenvalue weighted by molar-refractivity contribution is 0.412. The first-order valence-corrected chi connectivity index (χ1v) is 9.52. The number of ether oxygens (including phenoxy) is 1. The van der Waals surface area contributed by atoms with Crippen molar-refractivity contribution in [1.82, 2.24) is 5.32 Å². The predicted octanol–water partition coefficient (Wildman–Crippen LogP) is 5.28. The van der Waals surface area contributed by atoms with Gasteiger partial charge in [0.25, 0.3) is 0 Å². The van der Waals surface area contributed by atoms with Crippen LogP contribution in [0.25, 0.3) is 0 Å². The Kier molecular flexibility index (Phi) is 5.33. The van der Waals surface area contributed by atoms with Crippen molar-refractivity contribution in [2.45, 2.75) is 18.6 Å². The van der Waals surface area contributed by atoms with Crippen molar-refractivity contribution >= 4 is 17.3 Å². The van der Waals surface area contributed by atoms with Crippen molar-refractivity contribution in [1.29, 1.82) is 0 Å². The van der Waals surface area contributed by atoms with Crippen LogP contribution in [0.15, 0.2) is 77.8 Å². The Hall–Kier alpha value is -2.82. The molecular weight excluding hydrogens is 372 g/mol. The third kappa shape index (κ3) is 3.88. The van der Waals surface area contributed by atoms with Crippen LogP contribution >= 0.6 is 11.6 Å². The molecule has 0 aromatic heterocycles. The number of hydrogen-bond acceptors (Lipinski definition) is 4. The summed E-state index contributed by atoms with van der Waals surface area (Å²) in [5, 5.41) is 14.6. The second kappa shape index (κ2) is 8.05. The van der Waals surface area contributed by atoms with E-state index < -0.39 is 0 Å². The molecule has 1 heterocycles. The van der Waals surface area contributed by atoms with Crippen molar-refractivity contribution in [2.75, 3.05) is 7.11 Å². The van der Waals surface area contributed by atoms with E-state index in [1.54, 1.807) is 13.2 Å². The van der Waals surface area contributed by atoms with Crippen LogP contribution in [0.1, 0.15) is 35.3 Å². The summed E-state index contributed by atoms with van der Waals surface area (Å²) < 4.78 is 5.27. The molecule has 2 atom stereocenters. The van der Waals surface area contributed by atoms with Gasteiger partial charge in [-0.1, -0.05) is 41.9 Å². The zero-order chi connectivity index (χ0) is 19.5. The number of benzene rings is 3. The summed E-state index contributed by atoms with van der Waals surface area (Å²) in [5.74, 6) is 1.09. The van der Waals surface area contributed by atoms with Gasteiger partial charge in [-0.25, -0.2) is 0 Å². The van der Waals surface area contributed by atoms with Crippen LogP contribution in [0.3, 0.4) is 0 Å². The number of methoxy groups -OCH3 is 1. The van der Waals surface area contributed by atoms with E-state index in [-0.39, 0.29) is 18.0 Å². The summed E-state index contributed by atoms with van der Waals surface area (Å²) in [4.78, 5) is 4.95. The maximum absolute atomic E-state index is 10.4. The molecule has 0 unspecified atom stereocenters. The SMILES string of the molecule is COc1ccc(C2=N[C@H](c3cccc(Cl)c3)N[C@H](c3ccccc3O)C2)cc1. The smallest absolute Gasteiger partial charge is 0.126 e. The molecule has 0 saturated heterocycles. The Bertz CT molecular complexity index is 1000. The molecule has 0 saturated carbocycles. The van der Waals surface area contributed by atoms with Gasteiger partial charge < -0.3 is 9.84 Å². The van der Waals surface area contributed by atoms with E-state index in [1.807, 2.05) is 66.7 Å². The molecule has 0 fully saturated rings. The summed E-state index contributed by atoms with van der Waals surface area (Å²) in [6.07, 6.45) is 0.412. The van der Waals surface area contributed by atoms with Gasteiger partial charge in [-0.2, -0.15) is 0 Å². The van der Waals surface area contributed by atoms with E-state index in [1.165, 1.54) is 0 Å². The highest BCUT2D eigenvalue weighted by Crippen LogP contribution is 2.34. The van der Waals surface area contributed by atoms with Crippen LogP contribution in [-0.4, -0.2) is 17.9 Å². The zero-order valence-corrected chi connectivity index (χ0v) is 16.2. The number of aliphatic imine (C=N–C) groups is 1. The molecular formula is C23H21ClN2O2. The molecule has 0 aliphatic carbocycles. The van der Waals surface area contributed by atoms with Gasteiger partial charge in [0.2, 0.25) is 0 Å². The van der Waals surface area contributed by atoms with Crippen LogP contribution in [0, 0.1) is 0 Å². The number of phenols is 1. The quantitative estimate of drug-likeness (QED) is 0.635. The first kappa shape index (κ1) is 18.5. The molecule has 1 aliphatic rings. The summed E-state index contributed by atoms with van der Waals surface area (Å²) in [6.45, 7) is 0. The van der Waals surface area contributed by atoms with E-state index in [4.69, 9.17) is 21.3 Å². The summed E-state index contributed by atoms with van der Waals surface area (Å²) in [6, 6.07) is 22.9. The highest BCUT2D eigenvalue weighted by Gasteiger charge is 2.27. The third-order valence-electron chi connectivity index (χ3n) is 4.94. The Morgan fingerprint density at radius 1 is 1.04 bits per heavy atom. The molecule has 2 N–H and O–H groups in total. The number of rotatable bonds is 4. The van der Waals surface area contributed by atoms with Crippen molar-refractivity contribution in [2.24, 2.45) is 4.99 Å². The maximum Gasteiger partial charge on any atom is 0.126 e. The van der Waals surface area contributed by atoms with Gasteiger partial charge in [0, 0.05) is 28.8 Å². The van der Waals surface area contributed by atoms with Crippen molar-refractivity contribution in [3.8, 4) is 11.5 Å². The lowest BCUT2D eigenvalue weighted by Crippen LogP contribution is -2.33. The molecule has 142 valence electrons. The standard InChI is InChI=1S/C23H21ClN2O2/c1-28-18-11-9-15(10-12-18)20-14-21(19-7-2-3-8-22(19)27)26-23(25-20)16-5-4-6-17(24)13-16/h2-13,21,23,26-27H,14H2,1H3/t21-,23-/m0/s1. The Balaban J connectivity index is 1.74. The van der Waals surface area contributed by atoms with Crippen molar-refractivity contribution < 1.29 is 9.84 Å². The molecule has 4 nitrogen and oxygen atoms in total. The number of phenolic OH excluding ortho intramolecular Hbond substituents is 1. The number of nitrogens with one attached hydrogen (secondary N) is 1. The zero-order valence-electron chi connectivity index (χ0n) is 15.5. The molecule has 4 rings (SSSR count). The van der Waals surface area contributed by atoms with E-state index in [9.17, 15) is 5.11 Å². The second-order valence-corrected chi connectivity index (χ2v) is 7.18. The van der Waals surface area contributed by atoms with Crippen LogP contribution in [0.2, 0.25) is 5.02 Å². The molecule has 3 aromatic carbocycles. The lowest BCUT2D eigenvalue weighted by Gasteiger charge is -2.31. The largest absolute Gasteiger partial charge is 0.508 e. The van der Waals surface area contributed by atoms with Gasteiger partial charge in [-0.15, -0.1) is 0 Å². The van der Waals surface area contributed by atoms with Crippen LogP contribution < -0.4 is 10.1 Å². The topological polar surface area (TPSA) is 53.8 Å². The van der Waals surface area contributed by atoms with E-state index in [0.717, 1.165) is 28.2 Å². The monoisotopic (exact) mass is 392 g/mol. The number of aromatic hydroxyl groups is 1. The van der Waals surface area contributed by atoms with E-state index in [0.29, 0.717) is 11.4 Å². The van der Waals surface area contributed by atoms with Crippen LogP contribution in [-0.2, 0) is 0 Å². The minimum Gasteiger partial charge on any atom is -0.508 e. The molecule has 0 bridgehead atoms. The molecule has 0 amide bonds. The summed E-state index contributed by atoms with van der Waals surface area (Å²) in [5.41, 5.74) is 3.85. The van der Waals surface area contributed by atoms with Crippen molar-refractivity contribution in [3.63, 3.8) is 0 Å². The van der Waals surface area contributed by atoms with Gasteiger partial charge >= 0.3 is 0 Å². The van der Waals surface area contributed by atoms with Crippen LogP contribution in [0.4, 0.5) is 0 Å². The Morgan fingerprint density at radius 2 is 1.82 bits per heavy atom. The normalized spacial score (nSPS) is 19.1. The van der Waals surface area contributed by atoms with Gasteiger partial charge in [0.1, 0.15) is 17.7 Å². The average molecular weight is 393 g/mol. The summed E-state index contributed by atoms with van der Waals surface area (Å²) in [7, 11) is 1.65. The van der Waals surface area contributed by atoms with E-state index in [2.05, 4.69) is 5.32 Å². The van der Waals surface area contributed by atoms with Crippen LogP contribution in [0.5, 0.6) is 11.5 Å². The molecule has 3 aromatic rings. The first-order valence-electron chi connectivity index (χ1n) is 9.14. The first-order chi connectivity index (χ1) is 13.6. The van der Waals surface area contributed by atoms with Gasteiger partial charge in [0.15, 0.2) is 0 Å². The van der Waals surface area contributed by atoms with Gasteiger partial charge in [0.05, 0.1) is 7.11 Å². The van der Waals surface area contributed by atoms with E-state index >= 15 is 0 Å². The number of hydrogen-bond donors (Lipinski definition) is 2. The molecule has 0 radical (unpaired) electrons. The fourth-order valence-electron chi connectivity index (χ4n) is 3.49. The average Bonchev–Trinajstić information content (AvgIpc) is 2.74. The minimum atomic E-state index is -0.255. The number of halogens is 1.